The zero-order valence-electron chi connectivity index (χ0n) is 14.7. The first kappa shape index (κ1) is 18.7. The first-order valence-electron chi connectivity index (χ1n) is 8.80. The second-order valence-corrected chi connectivity index (χ2v) is 8.28. The largest absolute Gasteiger partial charge is 0.399 e. The van der Waals surface area contributed by atoms with E-state index in [9.17, 15) is 8.42 Å². The van der Waals surface area contributed by atoms with Crippen LogP contribution in [0.4, 0.5) is 11.4 Å². The molecule has 7 heteroatoms. The third-order valence-corrected chi connectivity index (χ3v) is 6.22. The number of benzene rings is 2. The van der Waals surface area contributed by atoms with Gasteiger partial charge in [-0.1, -0.05) is 0 Å². The predicted octanol–water partition coefficient (Wildman–Crippen LogP) is 2.24. The summed E-state index contributed by atoms with van der Waals surface area (Å²) in [6, 6.07) is 13.1. The summed E-state index contributed by atoms with van der Waals surface area (Å²) in [5.74, 6) is 0. The fraction of sp³-hybridized carbons (Fsp3) is 0.368. The van der Waals surface area contributed by atoms with Crippen molar-refractivity contribution < 1.29 is 13.2 Å². The van der Waals surface area contributed by atoms with Gasteiger partial charge in [-0.15, -0.1) is 0 Å². The number of nitrogens with two attached hydrogens (primary N) is 1. The van der Waals surface area contributed by atoms with Crippen molar-refractivity contribution in [3.8, 4) is 0 Å². The van der Waals surface area contributed by atoms with Gasteiger partial charge in [0.15, 0.2) is 0 Å². The van der Waals surface area contributed by atoms with Crippen LogP contribution in [-0.2, 0) is 14.6 Å². The number of nitrogens with zero attached hydrogens (tertiary/aromatic N) is 1. The monoisotopic (exact) mass is 375 g/mol. The summed E-state index contributed by atoms with van der Waals surface area (Å²) in [7, 11) is -3.51. The Hall–Kier alpha value is -2.09. The Labute approximate surface area is 154 Å². The summed E-state index contributed by atoms with van der Waals surface area (Å²) in [5.41, 5.74) is 7.08. The Kier molecular flexibility index (Phi) is 6.13. The molecule has 0 spiro atoms. The van der Waals surface area contributed by atoms with E-state index in [1.807, 2.05) is 0 Å². The fourth-order valence-corrected chi connectivity index (χ4v) is 4.16. The highest BCUT2D eigenvalue weighted by Crippen LogP contribution is 2.23. The number of rotatable bonds is 7. The molecule has 0 atom stereocenters. The zero-order chi connectivity index (χ0) is 18.4. The molecule has 140 valence electrons. The van der Waals surface area contributed by atoms with Gasteiger partial charge in [0, 0.05) is 31.0 Å². The third-order valence-electron chi connectivity index (χ3n) is 4.44. The summed E-state index contributed by atoms with van der Waals surface area (Å²) in [5, 5.41) is 3.34. The molecule has 1 aliphatic heterocycles. The van der Waals surface area contributed by atoms with E-state index in [0.29, 0.717) is 5.69 Å². The first-order chi connectivity index (χ1) is 12.6. The molecule has 3 N–H and O–H groups in total. The number of morpholine rings is 1. The summed E-state index contributed by atoms with van der Waals surface area (Å²) in [6.07, 6.45) is 1.03. The smallest absolute Gasteiger partial charge is 0.206 e. The Bertz CT molecular complexity index is 799. The molecule has 1 saturated heterocycles. The van der Waals surface area contributed by atoms with E-state index in [1.165, 1.54) is 12.1 Å². The number of sulfone groups is 1. The Morgan fingerprint density at radius 2 is 1.54 bits per heavy atom. The molecule has 0 amide bonds. The summed E-state index contributed by atoms with van der Waals surface area (Å²) in [4.78, 5) is 2.92. The van der Waals surface area contributed by atoms with Gasteiger partial charge in [0.05, 0.1) is 23.0 Å². The van der Waals surface area contributed by atoms with Gasteiger partial charge in [-0.25, -0.2) is 8.42 Å². The number of nitrogens with one attached hydrogen (secondary N) is 1. The normalized spacial score (nSPS) is 15.7. The van der Waals surface area contributed by atoms with Gasteiger partial charge in [0.2, 0.25) is 9.84 Å². The van der Waals surface area contributed by atoms with E-state index >= 15 is 0 Å². The van der Waals surface area contributed by atoms with Gasteiger partial charge >= 0.3 is 0 Å². The molecule has 0 radical (unpaired) electrons. The minimum absolute atomic E-state index is 0.248. The van der Waals surface area contributed by atoms with E-state index in [2.05, 4.69) is 10.2 Å². The van der Waals surface area contributed by atoms with Crippen molar-refractivity contribution in [2.24, 2.45) is 0 Å². The highest BCUT2D eigenvalue weighted by molar-refractivity contribution is 7.91. The summed E-state index contributed by atoms with van der Waals surface area (Å²) >= 11 is 0. The topological polar surface area (TPSA) is 84.7 Å². The molecule has 0 bridgehead atoms. The van der Waals surface area contributed by atoms with Crippen molar-refractivity contribution in [3.63, 3.8) is 0 Å². The van der Waals surface area contributed by atoms with Crippen LogP contribution in [0.5, 0.6) is 0 Å². The molecule has 0 aromatic heterocycles. The molecular formula is C19H25N3O3S. The highest BCUT2D eigenvalue weighted by Gasteiger charge is 2.17. The van der Waals surface area contributed by atoms with Crippen molar-refractivity contribution in [2.75, 3.05) is 50.4 Å². The number of anilines is 2. The predicted molar refractivity (Wildman–Crippen MR) is 103 cm³/mol. The van der Waals surface area contributed by atoms with Gasteiger partial charge in [-0.2, -0.15) is 0 Å². The van der Waals surface area contributed by atoms with Crippen LogP contribution in [0.25, 0.3) is 0 Å². The van der Waals surface area contributed by atoms with Crippen LogP contribution >= 0.6 is 0 Å². The van der Waals surface area contributed by atoms with E-state index in [1.54, 1.807) is 36.4 Å². The molecule has 26 heavy (non-hydrogen) atoms. The molecule has 2 aromatic carbocycles. The molecule has 2 aromatic rings. The Morgan fingerprint density at radius 1 is 0.962 bits per heavy atom. The fourth-order valence-electron chi connectivity index (χ4n) is 2.90. The van der Waals surface area contributed by atoms with Crippen molar-refractivity contribution in [1.29, 1.82) is 0 Å². The van der Waals surface area contributed by atoms with Crippen molar-refractivity contribution in [1.82, 2.24) is 4.90 Å². The number of hydrogen-bond donors (Lipinski definition) is 2. The Morgan fingerprint density at radius 3 is 2.15 bits per heavy atom. The van der Waals surface area contributed by atoms with Crippen LogP contribution in [0.3, 0.4) is 0 Å². The molecule has 0 unspecified atom stereocenters. The molecule has 6 nitrogen and oxygen atoms in total. The SMILES string of the molecule is Nc1ccc(S(=O)(=O)c2ccc(NCCCN3CCOCC3)cc2)cc1. The van der Waals surface area contributed by atoms with Gasteiger partial charge in [0.25, 0.3) is 0 Å². The van der Waals surface area contributed by atoms with Gasteiger partial charge < -0.3 is 15.8 Å². The maximum atomic E-state index is 12.6. The Balaban J connectivity index is 1.53. The average molecular weight is 375 g/mol. The number of nitrogen functional groups attached to an aromatic ring is 1. The average Bonchev–Trinajstić information content (AvgIpc) is 2.67. The van der Waals surface area contributed by atoms with Crippen LogP contribution in [0.15, 0.2) is 58.3 Å². The second-order valence-electron chi connectivity index (χ2n) is 6.33. The standard InChI is InChI=1S/C19H25N3O3S/c20-16-2-6-18(7-3-16)26(23,24)19-8-4-17(5-9-19)21-10-1-11-22-12-14-25-15-13-22/h2-9,21H,1,10-15,20H2. The summed E-state index contributed by atoms with van der Waals surface area (Å²) < 4.78 is 30.6. The maximum Gasteiger partial charge on any atom is 0.206 e. The molecule has 3 rings (SSSR count). The lowest BCUT2D eigenvalue weighted by Gasteiger charge is -2.26. The number of ether oxygens (including phenoxy) is 1. The van der Waals surface area contributed by atoms with Crippen molar-refractivity contribution >= 4 is 21.2 Å². The lowest BCUT2D eigenvalue weighted by molar-refractivity contribution is 0.0378. The van der Waals surface area contributed by atoms with Crippen LogP contribution in [0.1, 0.15) is 6.42 Å². The molecule has 1 fully saturated rings. The van der Waals surface area contributed by atoms with Gasteiger partial charge in [0.1, 0.15) is 0 Å². The van der Waals surface area contributed by atoms with E-state index in [-0.39, 0.29) is 9.79 Å². The zero-order valence-corrected chi connectivity index (χ0v) is 15.5. The molecule has 1 aliphatic rings. The molecule has 0 aliphatic carbocycles. The minimum Gasteiger partial charge on any atom is -0.399 e. The van der Waals surface area contributed by atoms with E-state index in [0.717, 1.165) is 51.5 Å². The lowest BCUT2D eigenvalue weighted by Crippen LogP contribution is -2.37. The van der Waals surface area contributed by atoms with Crippen molar-refractivity contribution in [2.45, 2.75) is 16.2 Å². The van der Waals surface area contributed by atoms with Crippen LogP contribution in [0.2, 0.25) is 0 Å². The maximum absolute atomic E-state index is 12.6. The third kappa shape index (κ3) is 4.75. The van der Waals surface area contributed by atoms with Crippen molar-refractivity contribution in [3.05, 3.63) is 48.5 Å². The van der Waals surface area contributed by atoms with Crippen LogP contribution in [-0.4, -0.2) is 52.7 Å². The van der Waals surface area contributed by atoms with Crippen LogP contribution in [0, 0.1) is 0 Å². The molecule has 0 saturated carbocycles. The van der Waals surface area contributed by atoms with E-state index in [4.69, 9.17) is 10.5 Å². The lowest BCUT2D eigenvalue weighted by atomic mass is 10.3. The minimum atomic E-state index is -3.51. The highest BCUT2D eigenvalue weighted by atomic mass is 32.2. The first-order valence-corrected chi connectivity index (χ1v) is 10.3. The second kappa shape index (κ2) is 8.53. The quantitative estimate of drug-likeness (QED) is 0.570. The molecular weight excluding hydrogens is 350 g/mol. The molecule has 1 heterocycles. The van der Waals surface area contributed by atoms with Crippen LogP contribution < -0.4 is 11.1 Å². The van der Waals surface area contributed by atoms with Gasteiger partial charge in [-0.3, -0.25) is 4.90 Å². The summed E-state index contributed by atoms with van der Waals surface area (Å²) in [6.45, 7) is 5.52. The van der Waals surface area contributed by atoms with Gasteiger partial charge in [-0.05, 0) is 61.5 Å². The van der Waals surface area contributed by atoms with E-state index < -0.39 is 9.84 Å². The number of hydrogen-bond acceptors (Lipinski definition) is 6.